The highest BCUT2D eigenvalue weighted by atomic mass is 32.1. The summed E-state index contributed by atoms with van der Waals surface area (Å²) in [4.78, 5) is 32.2. The first-order valence-corrected chi connectivity index (χ1v) is 11.2. The van der Waals surface area contributed by atoms with Gasteiger partial charge in [0.25, 0.3) is 5.56 Å². The van der Waals surface area contributed by atoms with Crippen LogP contribution in [0.15, 0.2) is 75.5 Å². The van der Waals surface area contributed by atoms with E-state index < -0.39 is 12.0 Å². The van der Waals surface area contributed by atoms with E-state index >= 15 is 0 Å². The summed E-state index contributed by atoms with van der Waals surface area (Å²) in [5.41, 5.74) is 1.59. The molecule has 1 aliphatic heterocycles. The van der Waals surface area contributed by atoms with Crippen molar-refractivity contribution in [3.8, 4) is 5.75 Å². The third-order valence-corrected chi connectivity index (χ3v) is 6.71. The number of carbonyl (C=O) groups is 1. The van der Waals surface area contributed by atoms with Gasteiger partial charge >= 0.3 is 5.97 Å². The number of ether oxygens (including phenoxy) is 2. The van der Waals surface area contributed by atoms with Gasteiger partial charge in [0.15, 0.2) is 4.80 Å². The Morgan fingerprint density at radius 3 is 2.71 bits per heavy atom. The minimum atomic E-state index is -0.577. The number of aromatic nitrogens is 1. The van der Waals surface area contributed by atoms with E-state index in [1.165, 1.54) is 28.7 Å². The molecule has 158 valence electrons. The van der Waals surface area contributed by atoms with Gasteiger partial charge in [-0.15, -0.1) is 11.3 Å². The Labute approximate surface area is 186 Å². The van der Waals surface area contributed by atoms with Crippen molar-refractivity contribution in [2.24, 2.45) is 4.99 Å². The topological polar surface area (TPSA) is 69.9 Å². The van der Waals surface area contributed by atoms with Gasteiger partial charge < -0.3 is 9.47 Å². The number of carbonyl (C=O) groups excluding carboxylic acids is 1. The van der Waals surface area contributed by atoms with E-state index in [1.54, 1.807) is 18.6 Å². The number of thiazole rings is 1. The molecule has 8 heteroatoms. The second-order valence-electron chi connectivity index (χ2n) is 6.76. The minimum absolute atomic E-state index is 0.0919. The fourth-order valence-corrected chi connectivity index (χ4v) is 5.23. The minimum Gasteiger partial charge on any atom is -0.497 e. The van der Waals surface area contributed by atoms with Gasteiger partial charge in [-0.2, -0.15) is 0 Å². The Hall–Kier alpha value is -3.23. The van der Waals surface area contributed by atoms with Gasteiger partial charge in [0.2, 0.25) is 0 Å². The summed E-state index contributed by atoms with van der Waals surface area (Å²) < 4.78 is 12.6. The summed E-state index contributed by atoms with van der Waals surface area (Å²) in [6.45, 7) is 5.45. The van der Waals surface area contributed by atoms with Crippen LogP contribution >= 0.6 is 22.7 Å². The number of methoxy groups -OCH3 is 1. The number of rotatable bonds is 6. The number of thiophene rings is 1. The van der Waals surface area contributed by atoms with Crippen molar-refractivity contribution in [1.29, 1.82) is 0 Å². The molecule has 0 saturated heterocycles. The summed E-state index contributed by atoms with van der Waals surface area (Å²) in [7, 11) is 1.61. The maximum atomic E-state index is 13.4. The first kappa shape index (κ1) is 21.0. The number of hydrogen-bond acceptors (Lipinski definition) is 7. The van der Waals surface area contributed by atoms with Crippen LogP contribution < -0.4 is 19.6 Å². The maximum Gasteiger partial charge on any atom is 0.338 e. The van der Waals surface area contributed by atoms with Gasteiger partial charge in [0, 0.05) is 4.88 Å². The van der Waals surface area contributed by atoms with Crippen LogP contribution in [0.1, 0.15) is 23.4 Å². The van der Waals surface area contributed by atoms with E-state index in [9.17, 15) is 9.59 Å². The van der Waals surface area contributed by atoms with Crippen LogP contribution in [-0.4, -0.2) is 24.3 Å². The lowest BCUT2D eigenvalue weighted by molar-refractivity contribution is -0.138. The van der Waals surface area contributed by atoms with Crippen molar-refractivity contribution < 1.29 is 14.3 Å². The van der Waals surface area contributed by atoms with Crippen molar-refractivity contribution >= 4 is 34.7 Å². The van der Waals surface area contributed by atoms with Crippen LogP contribution in [0, 0.1) is 0 Å². The van der Waals surface area contributed by atoms with Gasteiger partial charge in [-0.1, -0.05) is 42.2 Å². The second-order valence-corrected chi connectivity index (χ2v) is 8.75. The largest absolute Gasteiger partial charge is 0.497 e. The van der Waals surface area contributed by atoms with E-state index in [4.69, 9.17) is 9.47 Å². The quantitative estimate of drug-likeness (QED) is 0.426. The first-order chi connectivity index (χ1) is 15.0. The van der Waals surface area contributed by atoms with Gasteiger partial charge in [0.05, 0.1) is 22.9 Å². The molecule has 4 rings (SSSR count). The lowest BCUT2D eigenvalue weighted by Crippen LogP contribution is -2.39. The molecule has 0 N–H and O–H groups in total. The van der Waals surface area contributed by atoms with Crippen LogP contribution in [0.2, 0.25) is 0 Å². The molecule has 3 aromatic rings. The maximum absolute atomic E-state index is 13.4. The van der Waals surface area contributed by atoms with Crippen LogP contribution in [0.5, 0.6) is 5.75 Å². The van der Waals surface area contributed by atoms with E-state index in [0.717, 1.165) is 16.2 Å². The van der Waals surface area contributed by atoms with Gasteiger partial charge in [-0.05, 0) is 42.1 Å². The van der Waals surface area contributed by atoms with Crippen LogP contribution in [-0.2, 0) is 9.53 Å². The van der Waals surface area contributed by atoms with Crippen molar-refractivity contribution in [1.82, 2.24) is 4.57 Å². The van der Waals surface area contributed by atoms with Crippen LogP contribution in [0.4, 0.5) is 0 Å². The lowest BCUT2D eigenvalue weighted by atomic mass is 10.0. The molecule has 31 heavy (non-hydrogen) atoms. The highest BCUT2D eigenvalue weighted by Crippen LogP contribution is 2.33. The van der Waals surface area contributed by atoms with Crippen molar-refractivity contribution in [2.45, 2.75) is 13.0 Å². The number of allylic oxidation sites excluding steroid dienone is 1. The molecule has 2 aromatic heterocycles. The zero-order valence-corrected chi connectivity index (χ0v) is 18.7. The molecular formula is C23H20N2O4S2. The average Bonchev–Trinajstić information content (AvgIpc) is 3.40. The van der Waals surface area contributed by atoms with Crippen molar-refractivity contribution in [3.05, 3.63) is 95.8 Å². The van der Waals surface area contributed by atoms with Crippen LogP contribution in [0.25, 0.3) is 6.08 Å². The fraction of sp³-hybridized carbons (Fsp3) is 0.174. The predicted molar refractivity (Wildman–Crippen MR) is 122 cm³/mol. The van der Waals surface area contributed by atoms with E-state index in [0.29, 0.717) is 20.6 Å². The number of nitrogens with zero attached hydrogens (tertiary/aromatic N) is 2. The average molecular weight is 453 g/mol. The third kappa shape index (κ3) is 4.04. The fourth-order valence-electron chi connectivity index (χ4n) is 3.36. The van der Waals surface area contributed by atoms with Crippen molar-refractivity contribution in [2.75, 3.05) is 13.7 Å². The molecule has 0 radical (unpaired) electrons. The summed E-state index contributed by atoms with van der Waals surface area (Å²) >= 11 is 2.79. The number of esters is 1. The number of benzene rings is 1. The predicted octanol–water partition coefficient (Wildman–Crippen LogP) is 3.03. The first-order valence-electron chi connectivity index (χ1n) is 9.51. The molecular weight excluding hydrogens is 432 g/mol. The van der Waals surface area contributed by atoms with Gasteiger partial charge in [-0.25, -0.2) is 9.79 Å². The Kier molecular flexibility index (Phi) is 6.01. The molecule has 0 spiro atoms. The molecule has 1 unspecified atom stereocenters. The summed E-state index contributed by atoms with van der Waals surface area (Å²) in [5.74, 6) is 0.249. The van der Waals surface area contributed by atoms with Gasteiger partial charge in [0.1, 0.15) is 18.4 Å². The summed E-state index contributed by atoms with van der Waals surface area (Å²) in [6.07, 6.45) is 3.34. The monoisotopic (exact) mass is 452 g/mol. The second kappa shape index (κ2) is 8.87. The zero-order valence-electron chi connectivity index (χ0n) is 17.0. The third-order valence-electron chi connectivity index (χ3n) is 4.80. The van der Waals surface area contributed by atoms with Crippen molar-refractivity contribution in [3.63, 3.8) is 0 Å². The zero-order chi connectivity index (χ0) is 22.0. The number of fused-ring (bicyclic) bond motifs is 1. The molecule has 0 fully saturated rings. The molecule has 0 aliphatic carbocycles. The lowest BCUT2D eigenvalue weighted by Gasteiger charge is -2.23. The molecule has 1 atom stereocenters. The summed E-state index contributed by atoms with van der Waals surface area (Å²) in [6, 6.07) is 10.7. The molecule has 0 bridgehead atoms. The summed E-state index contributed by atoms with van der Waals surface area (Å²) in [5, 5.41) is 1.92. The SMILES string of the molecule is C=CCOC(=O)C1=C(C)N=c2s/c(=C\c3ccc(OC)cc3)c(=O)n2C1c1cccs1. The standard InChI is InChI=1S/C23H20N2O4S2/c1-4-11-29-22(27)19-14(2)24-23-25(20(19)17-6-5-12-30-17)21(26)18(31-23)13-15-7-9-16(28-3)10-8-15/h4-10,12-13,20H,1,11H2,2-3H3/b18-13-. The normalized spacial score (nSPS) is 15.9. The van der Waals surface area contributed by atoms with Crippen LogP contribution in [0.3, 0.4) is 0 Å². The molecule has 0 saturated carbocycles. The van der Waals surface area contributed by atoms with E-state index in [-0.39, 0.29) is 12.2 Å². The highest BCUT2D eigenvalue weighted by molar-refractivity contribution is 7.10. The molecule has 1 aliphatic rings. The Bertz CT molecular complexity index is 1330. The highest BCUT2D eigenvalue weighted by Gasteiger charge is 2.33. The molecule has 0 amide bonds. The van der Waals surface area contributed by atoms with E-state index in [2.05, 4.69) is 11.6 Å². The molecule has 6 nitrogen and oxygen atoms in total. The smallest absolute Gasteiger partial charge is 0.338 e. The molecule has 1 aromatic carbocycles. The number of hydrogen-bond donors (Lipinski definition) is 0. The van der Waals surface area contributed by atoms with Gasteiger partial charge in [-0.3, -0.25) is 9.36 Å². The van der Waals surface area contributed by atoms with E-state index in [1.807, 2.05) is 47.9 Å². The Balaban J connectivity index is 1.87. The Morgan fingerprint density at radius 1 is 1.29 bits per heavy atom. The Morgan fingerprint density at radius 2 is 2.06 bits per heavy atom. The molecule has 3 heterocycles.